The van der Waals surface area contributed by atoms with Crippen LogP contribution < -0.4 is 5.32 Å². The topological polar surface area (TPSA) is 81.7 Å². The van der Waals surface area contributed by atoms with E-state index in [0.717, 1.165) is 23.6 Å². The average molecular weight is 365 g/mol. The lowest BCUT2D eigenvalue weighted by Gasteiger charge is -2.22. The Bertz CT molecular complexity index is 947. The molecule has 2 aromatic rings. The van der Waals surface area contributed by atoms with E-state index in [1.807, 2.05) is 42.5 Å². The number of esters is 2. The maximum atomic E-state index is 12.5. The molecule has 6 heteroatoms. The summed E-state index contributed by atoms with van der Waals surface area (Å²) in [4.78, 5) is 36.8. The van der Waals surface area contributed by atoms with Crippen molar-refractivity contribution in [3.05, 3.63) is 42.5 Å². The molecule has 6 nitrogen and oxygen atoms in total. The zero-order valence-electron chi connectivity index (χ0n) is 14.6. The van der Waals surface area contributed by atoms with Crippen LogP contribution in [-0.4, -0.2) is 30.6 Å². The number of hydrogen-bond acceptors (Lipinski definition) is 5. The van der Waals surface area contributed by atoms with Crippen molar-refractivity contribution >= 4 is 34.3 Å². The van der Waals surface area contributed by atoms with Gasteiger partial charge in [0.15, 0.2) is 6.61 Å². The number of fused-ring (bicyclic) bond motifs is 2. The van der Waals surface area contributed by atoms with E-state index in [1.165, 1.54) is 0 Å². The smallest absolute Gasteiger partial charge is 0.310 e. The van der Waals surface area contributed by atoms with Crippen LogP contribution in [0.15, 0.2) is 42.5 Å². The van der Waals surface area contributed by atoms with E-state index in [2.05, 4.69) is 5.32 Å². The first-order chi connectivity index (χ1) is 13.1. The number of amides is 1. The maximum absolute atomic E-state index is 12.5. The molecule has 1 saturated heterocycles. The van der Waals surface area contributed by atoms with Gasteiger partial charge in [-0.2, -0.15) is 0 Å². The van der Waals surface area contributed by atoms with E-state index in [1.54, 1.807) is 0 Å². The van der Waals surface area contributed by atoms with Gasteiger partial charge >= 0.3 is 11.9 Å². The number of anilines is 1. The minimum Gasteiger partial charge on any atom is -0.462 e. The quantitative estimate of drug-likeness (QED) is 0.842. The van der Waals surface area contributed by atoms with Crippen LogP contribution in [0.4, 0.5) is 5.69 Å². The zero-order valence-corrected chi connectivity index (χ0v) is 14.6. The van der Waals surface area contributed by atoms with Gasteiger partial charge in [-0.1, -0.05) is 36.4 Å². The summed E-state index contributed by atoms with van der Waals surface area (Å²) in [7, 11) is 0. The van der Waals surface area contributed by atoms with E-state index in [-0.39, 0.29) is 36.4 Å². The molecule has 0 aromatic heterocycles. The van der Waals surface area contributed by atoms with Gasteiger partial charge in [0.05, 0.1) is 11.8 Å². The van der Waals surface area contributed by atoms with Gasteiger partial charge in [-0.25, -0.2) is 0 Å². The SMILES string of the molecule is O=C(COC(=O)[C@@H]1[C@H]2C[C@@H]3[C@@H]1C(=O)O[C@@H]3C2)Nc1cccc2ccccc12. The molecular weight excluding hydrogens is 346 g/mol. The average Bonchev–Trinajstić information content (AvgIpc) is 3.29. The third-order valence-corrected chi connectivity index (χ3v) is 6.16. The lowest BCUT2D eigenvalue weighted by molar-refractivity contribution is -0.157. The second-order valence-corrected chi connectivity index (χ2v) is 7.60. The lowest BCUT2D eigenvalue weighted by Crippen LogP contribution is -2.34. The van der Waals surface area contributed by atoms with Gasteiger partial charge in [-0.3, -0.25) is 14.4 Å². The Labute approximate surface area is 155 Å². The van der Waals surface area contributed by atoms with Crippen molar-refractivity contribution in [2.75, 3.05) is 11.9 Å². The number of rotatable bonds is 4. The molecule has 138 valence electrons. The molecule has 2 bridgehead atoms. The van der Waals surface area contributed by atoms with Crippen LogP contribution in [0.2, 0.25) is 0 Å². The number of nitrogens with one attached hydrogen (secondary N) is 1. The van der Waals surface area contributed by atoms with Crippen LogP contribution >= 0.6 is 0 Å². The molecule has 1 amide bonds. The summed E-state index contributed by atoms with van der Waals surface area (Å²) in [5.41, 5.74) is 0.677. The van der Waals surface area contributed by atoms with Gasteiger partial charge in [-0.05, 0) is 30.2 Å². The molecule has 3 fully saturated rings. The van der Waals surface area contributed by atoms with Crippen molar-refractivity contribution in [3.63, 3.8) is 0 Å². The van der Waals surface area contributed by atoms with Gasteiger partial charge < -0.3 is 14.8 Å². The van der Waals surface area contributed by atoms with Crippen LogP contribution in [-0.2, 0) is 23.9 Å². The minimum atomic E-state index is -0.466. The van der Waals surface area contributed by atoms with E-state index < -0.39 is 17.8 Å². The summed E-state index contributed by atoms with van der Waals surface area (Å²) in [5, 5.41) is 4.74. The summed E-state index contributed by atoms with van der Waals surface area (Å²) in [5.74, 6) is -1.72. The highest BCUT2D eigenvalue weighted by Gasteiger charge is 2.64. The largest absolute Gasteiger partial charge is 0.462 e. The molecule has 5 atom stereocenters. The number of carbonyl (C=O) groups excluding carboxylic acids is 3. The zero-order chi connectivity index (χ0) is 18.5. The van der Waals surface area contributed by atoms with Crippen molar-refractivity contribution < 1.29 is 23.9 Å². The van der Waals surface area contributed by atoms with E-state index >= 15 is 0 Å². The summed E-state index contributed by atoms with van der Waals surface area (Å²) < 4.78 is 10.6. The maximum Gasteiger partial charge on any atom is 0.310 e. The van der Waals surface area contributed by atoms with Gasteiger partial charge in [0, 0.05) is 17.0 Å². The predicted octanol–water partition coefficient (Wildman–Crippen LogP) is 2.52. The van der Waals surface area contributed by atoms with Crippen molar-refractivity contribution in [2.45, 2.75) is 18.9 Å². The second-order valence-electron chi connectivity index (χ2n) is 7.60. The Kier molecular flexibility index (Phi) is 3.67. The van der Waals surface area contributed by atoms with Gasteiger partial charge in [0.1, 0.15) is 6.10 Å². The van der Waals surface area contributed by atoms with Gasteiger partial charge in [-0.15, -0.1) is 0 Å². The van der Waals surface area contributed by atoms with E-state index in [4.69, 9.17) is 9.47 Å². The number of ether oxygens (including phenoxy) is 2. The first kappa shape index (κ1) is 16.3. The third-order valence-electron chi connectivity index (χ3n) is 6.16. The normalized spacial score (nSPS) is 30.4. The fourth-order valence-electron chi connectivity index (χ4n) is 5.08. The molecule has 2 saturated carbocycles. The molecule has 0 spiro atoms. The highest BCUT2D eigenvalue weighted by atomic mass is 16.6. The first-order valence-electron chi connectivity index (χ1n) is 9.26. The van der Waals surface area contributed by atoms with Crippen LogP contribution in [0.25, 0.3) is 10.8 Å². The predicted molar refractivity (Wildman–Crippen MR) is 96.6 cm³/mol. The summed E-state index contributed by atoms with van der Waals surface area (Å²) in [6, 6.07) is 13.4. The Balaban J connectivity index is 1.23. The Morgan fingerprint density at radius 2 is 1.93 bits per heavy atom. The molecule has 0 unspecified atom stereocenters. The molecule has 1 heterocycles. The van der Waals surface area contributed by atoms with E-state index in [9.17, 15) is 14.4 Å². The van der Waals surface area contributed by atoms with Crippen LogP contribution in [0.1, 0.15) is 12.8 Å². The van der Waals surface area contributed by atoms with Crippen LogP contribution in [0.3, 0.4) is 0 Å². The van der Waals surface area contributed by atoms with Crippen LogP contribution in [0.5, 0.6) is 0 Å². The van der Waals surface area contributed by atoms with Gasteiger partial charge in [0.25, 0.3) is 5.91 Å². The highest BCUT2D eigenvalue weighted by Crippen LogP contribution is 2.57. The lowest BCUT2D eigenvalue weighted by atomic mass is 9.80. The Hall–Kier alpha value is -2.89. The first-order valence-corrected chi connectivity index (χ1v) is 9.26. The number of hydrogen-bond donors (Lipinski definition) is 1. The summed E-state index contributed by atoms with van der Waals surface area (Å²) >= 11 is 0. The Morgan fingerprint density at radius 1 is 1.11 bits per heavy atom. The monoisotopic (exact) mass is 365 g/mol. The molecule has 1 aliphatic heterocycles. The summed E-state index contributed by atoms with van der Waals surface area (Å²) in [6.07, 6.45) is 1.55. The molecule has 1 N–H and O–H groups in total. The molecule has 3 aliphatic rings. The van der Waals surface area contributed by atoms with Crippen molar-refractivity contribution in [2.24, 2.45) is 23.7 Å². The van der Waals surface area contributed by atoms with Crippen molar-refractivity contribution in [3.8, 4) is 0 Å². The highest BCUT2D eigenvalue weighted by molar-refractivity contribution is 6.02. The van der Waals surface area contributed by atoms with Crippen molar-refractivity contribution in [1.82, 2.24) is 0 Å². The molecular formula is C21H19NO5. The third kappa shape index (κ3) is 2.59. The van der Waals surface area contributed by atoms with Crippen molar-refractivity contribution in [1.29, 1.82) is 0 Å². The Morgan fingerprint density at radius 3 is 2.81 bits per heavy atom. The van der Waals surface area contributed by atoms with Crippen LogP contribution in [0, 0.1) is 23.7 Å². The standard InChI is InChI=1S/C21H19NO5/c23-17(22-15-7-3-5-11-4-1-2-6-13(11)15)10-26-20(24)18-12-8-14-16(9-12)27-21(25)19(14)18/h1-7,12,14,16,18-19H,8-10H2,(H,22,23)/t12-,14-,16+,18+,19-/m0/s1. The number of benzene rings is 2. The molecule has 0 radical (unpaired) electrons. The molecule has 2 aliphatic carbocycles. The summed E-state index contributed by atoms with van der Waals surface area (Å²) in [6.45, 7) is -0.360. The minimum absolute atomic E-state index is 0.0220. The fraction of sp³-hybridized carbons (Fsp3) is 0.381. The second kappa shape index (κ2) is 6.08. The number of carbonyl (C=O) groups is 3. The van der Waals surface area contributed by atoms with E-state index in [0.29, 0.717) is 5.69 Å². The fourth-order valence-corrected chi connectivity index (χ4v) is 5.08. The molecule has 5 rings (SSSR count). The molecule has 27 heavy (non-hydrogen) atoms. The molecule has 2 aromatic carbocycles. The van der Waals surface area contributed by atoms with Gasteiger partial charge in [0.2, 0.25) is 0 Å².